The highest BCUT2D eigenvalue weighted by molar-refractivity contribution is 5.33. The molecule has 3 fully saturated rings. The SMILES string of the molecule is C=C1[C@H](O)CC(=C/C=C2\CCCC3(C)/C(=C\CCCC(C)(C)O)CCC23)C[C@H]1O. The second kappa shape index (κ2) is 8.91. The zero-order valence-electron chi connectivity index (χ0n) is 18.6. The number of hydrogen-bond donors (Lipinski definition) is 3. The van der Waals surface area contributed by atoms with E-state index >= 15 is 0 Å². The normalized spacial score (nSPS) is 36.0. The number of unbranched alkanes of at least 4 members (excludes halogenated alkanes) is 1. The summed E-state index contributed by atoms with van der Waals surface area (Å²) in [5.41, 5.74) is 4.54. The van der Waals surface area contributed by atoms with Gasteiger partial charge in [-0.05, 0) is 95.0 Å². The monoisotopic (exact) mass is 400 g/mol. The third-order valence-electron chi connectivity index (χ3n) is 7.50. The summed E-state index contributed by atoms with van der Waals surface area (Å²) in [5, 5.41) is 30.1. The Bertz CT molecular complexity index is 690. The minimum atomic E-state index is -0.620. The predicted molar refractivity (Wildman–Crippen MR) is 119 cm³/mol. The van der Waals surface area contributed by atoms with Crippen molar-refractivity contribution in [1.29, 1.82) is 0 Å². The molecular formula is C26H40O3. The topological polar surface area (TPSA) is 60.7 Å². The van der Waals surface area contributed by atoms with Crippen LogP contribution in [-0.2, 0) is 0 Å². The average Bonchev–Trinajstić information content (AvgIpc) is 2.97. The first-order valence-electron chi connectivity index (χ1n) is 11.5. The van der Waals surface area contributed by atoms with Gasteiger partial charge in [-0.2, -0.15) is 0 Å². The van der Waals surface area contributed by atoms with E-state index in [2.05, 4.69) is 31.7 Å². The second-order valence-corrected chi connectivity index (χ2v) is 10.4. The molecule has 29 heavy (non-hydrogen) atoms. The van der Waals surface area contributed by atoms with Gasteiger partial charge in [-0.1, -0.05) is 48.5 Å². The summed E-state index contributed by atoms with van der Waals surface area (Å²) in [5.74, 6) is 0.613. The molecule has 3 rings (SSSR count). The Morgan fingerprint density at radius 2 is 1.83 bits per heavy atom. The van der Waals surface area contributed by atoms with Crippen molar-refractivity contribution < 1.29 is 15.3 Å². The van der Waals surface area contributed by atoms with Crippen LogP contribution >= 0.6 is 0 Å². The molecular weight excluding hydrogens is 360 g/mol. The first-order valence-corrected chi connectivity index (χ1v) is 11.5. The first kappa shape index (κ1) is 22.5. The van der Waals surface area contributed by atoms with E-state index in [-0.39, 0.29) is 5.41 Å². The smallest absolute Gasteiger partial charge is 0.0809 e. The van der Waals surface area contributed by atoms with E-state index in [4.69, 9.17) is 0 Å². The number of allylic oxidation sites excluding steroid dienone is 5. The lowest BCUT2D eigenvalue weighted by Crippen LogP contribution is -2.29. The molecule has 3 aliphatic carbocycles. The third-order valence-corrected chi connectivity index (χ3v) is 7.50. The van der Waals surface area contributed by atoms with Crippen molar-refractivity contribution in [3.63, 3.8) is 0 Å². The lowest BCUT2D eigenvalue weighted by atomic mass is 9.65. The van der Waals surface area contributed by atoms with Crippen LogP contribution in [0.5, 0.6) is 0 Å². The van der Waals surface area contributed by atoms with Crippen molar-refractivity contribution in [2.75, 3.05) is 0 Å². The molecule has 0 amide bonds. The van der Waals surface area contributed by atoms with E-state index in [1.54, 1.807) is 11.1 Å². The number of aliphatic hydroxyl groups excluding tert-OH is 2. The highest BCUT2D eigenvalue weighted by Crippen LogP contribution is 2.57. The predicted octanol–water partition coefficient (Wildman–Crippen LogP) is 5.38. The maximum atomic E-state index is 10.1. The molecule has 2 unspecified atom stereocenters. The number of rotatable bonds is 5. The molecule has 162 valence electrons. The van der Waals surface area contributed by atoms with Gasteiger partial charge in [0, 0.05) is 0 Å². The van der Waals surface area contributed by atoms with E-state index in [0.717, 1.165) is 31.3 Å². The average molecular weight is 401 g/mol. The standard InChI is InChI=1S/C26H40O3/c1-18-23(27)16-19(17-24(18)28)10-11-20-8-7-15-26(4)21(12-13-22(20)26)9-5-6-14-25(2,3)29/h9-11,22-24,27-29H,1,5-8,12-17H2,2-4H3/b20-11+,21-9-/t22?,23-,24-,26?/m1/s1. The highest BCUT2D eigenvalue weighted by atomic mass is 16.3. The zero-order chi connectivity index (χ0) is 21.2. The van der Waals surface area contributed by atoms with E-state index in [1.165, 1.54) is 25.7 Å². The minimum absolute atomic E-state index is 0.275. The van der Waals surface area contributed by atoms with Crippen LogP contribution in [0, 0.1) is 11.3 Å². The largest absolute Gasteiger partial charge is 0.390 e. The molecule has 0 radical (unpaired) electrons. The summed E-state index contributed by atoms with van der Waals surface area (Å²) >= 11 is 0. The Morgan fingerprint density at radius 1 is 1.14 bits per heavy atom. The molecule has 4 atom stereocenters. The van der Waals surface area contributed by atoms with Crippen molar-refractivity contribution in [1.82, 2.24) is 0 Å². The van der Waals surface area contributed by atoms with Crippen molar-refractivity contribution in [3.8, 4) is 0 Å². The molecule has 0 aromatic carbocycles. The van der Waals surface area contributed by atoms with Crippen LogP contribution in [-0.4, -0.2) is 33.1 Å². The lowest BCUT2D eigenvalue weighted by molar-refractivity contribution is 0.0691. The van der Waals surface area contributed by atoms with E-state index in [1.807, 2.05) is 13.8 Å². The molecule has 3 heteroatoms. The Balaban J connectivity index is 1.69. The Morgan fingerprint density at radius 3 is 2.48 bits per heavy atom. The minimum Gasteiger partial charge on any atom is -0.390 e. The molecule has 0 heterocycles. The van der Waals surface area contributed by atoms with E-state index < -0.39 is 17.8 Å². The molecule has 0 bridgehead atoms. The van der Waals surface area contributed by atoms with Crippen molar-refractivity contribution in [2.45, 2.75) is 103 Å². The summed E-state index contributed by atoms with van der Waals surface area (Å²) in [6.45, 7) is 10.0. The van der Waals surface area contributed by atoms with Crippen molar-refractivity contribution in [3.05, 3.63) is 47.1 Å². The van der Waals surface area contributed by atoms with E-state index in [0.29, 0.717) is 24.3 Å². The second-order valence-electron chi connectivity index (χ2n) is 10.4. The van der Waals surface area contributed by atoms with Gasteiger partial charge in [0.15, 0.2) is 0 Å². The van der Waals surface area contributed by atoms with Crippen molar-refractivity contribution >= 4 is 0 Å². The molecule has 3 aliphatic rings. The molecule has 0 aromatic heterocycles. The van der Waals surface area contributed by atoms with Gasteiger partial charge in [0.1, 0.15) is 0 Å². The van der Waals surface area contributed by atoms with Gasteiger partial charge in [-0.25, -0.2) is 0 Å². The molecule has 0 aliphatic heterocycles. The van der Waals surface area contributed by atoms with Gasteiger partial charge >= 0.3 is 0 Å². The lowest BCUT2D eigenvalue weighted by Gasteiger charge is -2.39. The number of fused-ring (bicyclic) bond motifs is 1. The fourth-order valence-electron chi connectivity index (χ4n) is 5.66. The van der Waals surface area contributed by atoms with Crippen LogP contribution in [0.2, 0.25) is 0 Å². The summed E-state index contributed by atoms with van der Waals surface area (Å²) in [6, 6.07) is 0. The first-order chi connectivity index (χ1) is 13.6. The van der Waals surface area contributed by atoms with Crippen LogP contribution in [0.15, 0.2) is 47.1 Å². The van der Waals surface area contributed by atoms with Gasteiger partial charge in [-0.15, -0.1) is 0 Å². The third kappa shape index (κ3) is 5.31. The van der Waals surface area contributed by atoms with Crippen molar-refractivity contribution in [2.24, 2.45) is 11.3 Å². The molecule has 0 saturated heterocycles. The van der Waals surface area contributed by atoms with Crippen LogP contribution in [0.3, 0.4) is 0 Å². The highest BCUT2D eigenvalue weighted by Gasteiger charge is 2.45. The van der Waals surface area contributed by atoms with Gasteiger partial charge in [0.05, 0.1) is 17.8 Å². The van der Waals surface area contributed by atoms with Crippen LogP contribution < -0.4 is 0 Å². The quantitative estimate of drug-likeness (QED) is 0.429. The molecule has 0 spiro atoms. The molecule has 3 saturated carbocycles. The van der Waals surface area contributed by atoms with Crippen LogP contribution in [0.1, 0.15) is 85.0 Å². The Labute approximate surface area is 176 Å². The molecule has 3 nitrogen and oxygen atoms in total. The Hall–Kier alpha value is -1.16. The summed E-state index contributed by atoms with van der Waals surface area (Å²) in [4.78, 5) is 0. The fraction of sp³-hybridized carbons (Fsp3) is 0.692. The number of aliphatic hydroxyl groups is 3. The molecule has 3 N–H and O–H groups in total. The Kier molecular flexibility index (Phi) is 6.92. The summed E-state index contributed by atoms with van der Waals surface area (Å²) < 4.78 is 0. The summed E-state index contributed by atoms with van der Waals surface area (Å²) in [6.07, 6.45) is 15.9. The maximum Gasteiger partial charge on any atom is 0.0809 e. The fourth-order valence-corrected chi connectivity index (χ4v) is 5.66. The van der Waals surface area contributed by atoms with Crippen LogP contribution in [0.25, 0.3) is 0 Å². The van der Waals surface area contributed by atoms with Gasteiger partial charge in [0.25, 0.3) is 0 Å². The van der Waals surface area contributed by atoms with Crippen LogP contribution in [0.4, 0.5) is 0 Å². The zero-order valence-corrected chi connectivity index (χ0v) is 18.6. The van der Waals surface area contributed by atoms with Gasteiger partial charge in [0.2, 0.25) is 0 Å². The summed E-state index contributed by atoms with van der Waals surface area (Å²) in [7, 11) is 0. The van der Waals surface area contributed by atoms with E-state index in [9.17, 15) is 15.3 Å². The van der Waals surface area contributed by atoms with Gasteiger partial charge in [-0.3, -0.25) is 0 Å². The van der Waals surface area contributed by atoms with Gasteiger partial charge < -0.3 is 15.3 Å². The molecule has 0 aromatic rings. The maximum absolute atomic E-state index is 10.1. The number of hydrogen-bond acceptors (Lipinski definition) is 3.